The van der Waals surface area contributed by atoms with Crippen LogP contribution in [0.5, 0.6) is 0 Å². The SMILES string of the molecule is OC1(c2ccsc2)CCCCc2ccccc21. The van der Waals surface area contributed by atoms with Gasteiger partial charge in [0.05, 0.1) is 0 Å². The average Bonchev–Trinajstić information content (AvgIpc) is 2.84. The Morgan fingerprint density at radius 1 is 1.12 bits per heavy atom. The number of hydrogen-bond donors (Lipinski definition) is 1. The molecule has 3 rings (SSSR count). The highest BCUT2D eigenvalue weighted by atomic mass is 32.1. The topological polar surface area (TPSA) is 20.2 Å². The van der Waals surface area contributed by atoms with E-state index in [4.69, 9.17) is 0 Å². The quantitative estimate of drug-likeness (QED) is 0.758. The smallest absolute Gasteiger partial charge is 0.116 e. The first kappa shape index (κ1) is 11.0. The van der Waals surface area contributed by atoms with Crippen LogP contribution in [0.25, 0.3) is 0 Å². The molecule has 1 aromatic heterocycles. The van der Waals surface area contributed by atoms with Crippen molar-refractivity contribution in [2.45, 2.75) is 31.3 Å². The molecule has 1 aromatic carbocycles. The van der Waals surface area contributed by atoms with Crippen LogP contribution in [-0.2, 0) is 12.0 Å². The highest BCUT2D eigenvalue weighted by molar-refractivity contribution is 7.08. The van der Waals surface area contributed by atoms with Gasteiger partial charge in [-0.05, 0) is 59.2 Å². The molecule has 1 heterocycles. The molecule has 0 saturated carbocycles. The van der Waals surface area contributed by atoms with E-state index in [0.29, 0.717) is 0 Å². The maximum Gasteiger partial charge on any atom is 0.116 e. The Balaban J connectivity index is 2.17. The van der Waals surface area contributed by atoms with E-state index in [2.05, 4.69) is 23.6 Å². The van der Waals surface area contributed by atoms with Gasteiger partial charge in [-0.1, -0.05) is 24.3 Å². The van der Waals surface area contributed by atoms with E-state index >= 15 is 0 Å². The Bertz CT molecular complexity index is 503. The first-order chi connectivity index (χ1) is 8.31. The first-order valence-electron chi connectivity index (χ1n) is 6.14. The maximum absolute atomic E-state index is 11.1. The number of fused-ring (bicyclic) bond motifs is 1. The van der Waals surface area contributed by atoms with E-state index in [1.165, 1.54) is 12.0 Å². The second kappa shape index (κ2) is 4.28. The molecule has 1 aliphatic rings. The fraction of sp³-hybridized carbons (Fsp3) is 0.333. The highest BCUT2D eigenvalue weighted by Gasteiger charge is 2.34. The minimum Gasteiger partial charge on any atom is -0.380 e. The molecule has 0 aliphatic heterocycles. The van der Waals surface area contributed by atoms with E-state index in [-0.39, 0.29) is 0 Å². The maximum atomic E-state index is 11.1. The third-order valence-corrected chi connectivity index (χ3v) is 4.38. The van der Waals surface area contributed by atoms with Crippen LogP contribution >= 0.6 is 11.3 Å². The molecule has 17 heavy (non-hydrogen) atoms. The molecule has 0 fully saturated rings. The van der Waals surface area contributed by atoms with Gasteiger partial charge in [0.15, 0.2) is 0 Å². The summed E-state index contributed by atoms with van der Waals surface area (Å²) in [5.41, 5.74) is 2.69. The monoisotopic (exact) mass is 244 g/mol. The molecule has 0 bridgehead atoms. The number of aryl methyl sites for hydroxylation is 1. The molecule has 2 heteroatoms. The molecular weight excluding hydrogens is 228 g/mol. The molecular formula is C15H16OS. The number of thiophene rings is 1. The zero-order valence-electron chi connectivity index (χ0n) is 9.73. The zero-order chi connectivity index (χ0) is 11.7. The van der Waals surface area contributed by atoms with Crippen LogP contribution in [0.4, 0.5) is 0 Å². The van der Waals surface area contributed by atoms with Gasteiger partial charge in [-0.3, -0.25) is 0 Å². The zero-order valence-corrected chi connectivity index (χ0v) is 10.5. The Morgan fingerprint density at radius 2 is 2.00 bits per heavy atom. The first-order valence-corrected chi connectivity index (χ1v) is 7.08. The molecule has 1 atom stereocenters. The largest absolute Gasteiger partial charge is 0.380 e. The Labute approximate surface area is 106 Å². The average molecular weight is 244 g/mol. The van der Waals surface area contributed by atoms with Crippen molar-refractivity contribution in [3.05, 3.63) is 57.8 Å². The normalized spacial score (nSPS) is 24.1. The summed E-state index contributed by atoms with van der Waals surface area (Å²) in [5, 5.41) is 15.2. The third-order valence-electron chi connectivity index (χ3n) is 3.70. The summed E-state index contributed by atoms with van der Waals surface area (Å²) >= 11 is 1.65. The van der Waals surface area contributed by atoms with Gasteiger partial charge in [0.25, 0.3) is 0 Å². The van der Waals surface area contributed by atoms with Gasteiger partial charge in [-0.2, -0.15) is 11.3 Å². The van der Waals surface area contributed by atoms with Crippen LogP contribution in [0.15, 0.2) is 41.1 Å². The van der Waals surface area contributed by atoms with Crippen LogP contribution < -0.4 is 0 Å². The van der Waals surface area contributed by atoms with Crippen molar-refractivity contribution in [3.8, 4) is 0 Å². The van der Waals surface area contributed by atoms with Gasteiger partial charge >= 0.3 is 0 Å². The predicted octanol–water partition coefficient (Wildman–Crippen LogP) is 3.71. The van der Waals surface area contributed by atoms with Crippen LogP contribution in [0.1, 0.15) is 36.0 Å². The lowest BCUT2D eigenvalue weighted by molar-refractivity contribution is 0.0709. The summed E-state index contributed by atoms with van der Waals surface area (Å²) in [6.07, 6.45) is 4.17. The van der Waals surface area contributed by atoms with Crippen LogP contribution in [0, 0.1) is 0 Å². The molecule has 0 saturated heterocycles. The lowest BCUT2D eigenvalue weighted by Crippen LogP contribution is -2.26. The molecule has 1 aliphatic carbocycles. The van der Waals surface area contributed by atoms with Gasteiger partial charge in [-0.15, -0.1) is 0 Å². The van der Waals surface area contributed by atoms with E-state index in [1.807, 2.05) is 17.5 Å². The third kappa shape index (κ3) is 1.81. The number of hydrogen-bond acceptors (Lipinski definition) is 2. The molecule has 0 spiro atoms. The van der Waals surface area contributed by atoms with Gasteiger partial charge < -0.3 is 5.11 Å². The molecule has 88 valence electrons. The summed E-state index contributed by atoms with van der Waals surface area (Å²) in [6, 6.07) is 10.4. The standard InChI is InChI=1S/C15H16OS/c16-15(13-8-10-17-11-13)9-4-3-6-12-5-1-2-7-14(12)15/h1-2,5,7-8,10-11,16H,3-4,6,9H2. The van der Waals surface area contributed by atoms with Crippen molar-refractivity contribution < 1.29 is 5.11 Å². The van der Waals surface area contributed by atoms with E-state index in [0.717, 1.165) is 30.4 Å². The minimum atomic E-state index is -0.771. The predicted molar refractivity (Wildman–Crippen MR) is 71.3 cm³/mol. The summed E-state index contributed by atoms with van der Waals surface area (Å²) < 4.78 is 0. The Hall–Kier alpha value is -1.12. The molecule has 1 N–H and O–H groups in total. The summed E-state index contributed by atoms with van der Waals surface area (Å²) in [6.45, 7) is 0. The number of benzene rings is 1. The molecule has 1 unspecified atom stereocenters. The fourth-order valence-electron chi connectivity index (χ4n) is 2.77. The van der Waals surface area contributed by atoms with Crippen molar-refractivity contribution in [2.75, 3.05) is 0 Å². The van der Waals surface area contributed by atoms with Crippen LogP contribution in [0.2, 0.25) is 0 Å². The fourth-order valence-corrected chi connectivity index (χ4v) is 3.50. The van der Waals surface area contributed by atoms with E-state index in [9.17, 15) is 5.11 Å². The van der Waals surface area contributed by atoms with Gasteiger partial charge in [0.1, 0.15) is 5.60 Å². The van der Waals surface area contributed by atoms with E-state index < -0.39 is 5.60 Å². The van der Waals surface area contributed by atoms with Crippen LogP contribution in [-0.4, -0.2) is 5.11 Å². The van der Waals surface area contributed by atoms with Gasteiger partial charge in [0.2, 0.25) is 0 Å². The van der Waals surface area contributed by atoms with E-state index in [1.54, 1.807) is 11.3 Å². The second-order valence-electron chi connectivity index (χ2n) is 4.74. The molecule has 0 radical (unpaired) electrons. The van der Waals surface area contributed by atoms with Crippen molar-refractivity contribution in [1.29, 1.82) is 0 Å². The minimum absolute atomic E-state index is 0.771. The van der Waals surface area contributed by atoms with Crippen molar-refractivity contribution in [3.63, 3.8) is 0 Å². The number of aliphatic hydroxyl groups is 1. The van der Waals surface area contributed by atoms with Gasteiger partial charge in [-0.25, -0.2) is 0 Å². The van der Waals surface area contributed by atoms with Crippen molar-refractivity contribution in [2.24, 2.45) is 0 Å². The van der Waals surface area contributed by atoms with Crippen molar-refractivity contribution >= 4 is 11.3 Å². The summed E-state index contributed by atoms with van der Waals surface area (Å²) in [4.78, 5) is 0. The molecule has 0 amide bonds. The molecule has 2 aromatic rings. The number of rotatable bonds is 1. The van der Waals surface area contributed by atoms with Crippen molar-refractivity contribution in [1.82, 2.24) is 0 Å². The summed E-state index contributed by atoms with van der Waals surface area (Å²) in [5.74, 6) is 0. The van der Waals surface area contributed by atoms with Gasteiger partial charge in [0, 0.05) is 0 Å². The Morgan fingerprint density at radius 3 is 2.82 bits per heavy atom. The Kier molecular flexibility index (Phi) is 2.77. The lowest BCUT2D eigenvalue weighted by atomic mass is 9.83. The molecule has 1 nitrogen and oxygen atoms in total. The van der Waals surface area contributed by atoms with Crippen LogP contribution in [0.3, 0.4) is 0 Å². The lowest BCUT2D eigenvalue weighted by Gasteiger charge is -2.28. The second-order valence-corrected chi connectivity index (χ2v) is 5.52. The summed E-state index contributed by atoms with van der Waals surface area (Å²) in [7, 11) is 0. The highest BCUT2D eigenvalue weighted by Crippen LogP contribution is 2.40.